The highest BCUT2D eigenvalue weighted by molar-refractivity contribution is 5.77. The fraction of sp³-hybridized carbons (Fsp3) is 0.143. The van der Waals surface area contributed by atoms with Crippen LogP contribution in [-0.4, -0.2) is 15.2 Å². The molecule has 0 spiro atoms. The number of nitrogens with two attached hydrogens (primary N) is 1. The number of rotatable bonds is 0. The maximum Gasteiger partial charge on any atom is 0.124 e. The molecule has 0 saturated carbocycles. The summed E-state index contributed by atoms with van der Waals surface area (Å²) in [5.41, 5.74) is 8.16. The summed E-state index contributed by atoms with van der Waals surface area (Å²) in [7, 11) is 0. The topological polar surface area (TPSA) is 67.6 Å². The van der Waals surface area contributed by atoms with E-state index in [1.807, 2.05) is 13.0 Å². The van der Waals surface area contributed by atoms with Gasteiger partial charge in [-0.1, -0.05) is 0 Å². The Kier molecular flexibility index (Phi) is 1.09. The van der Waals surface area contributed by atoms with Crippen LogP contribution in [0.5, 0.6) is 0 Å². The SMILES string of the molecule is Cc1[nH]nc2ccc(N)nc12. The lowest BCUT2D eigenvalue weighted by Gasteiger charge is -1.90. The Morgan fingerprint density at radius 1 is 1.45 bits per heavy atom. The molecule has 11 heavy (non-hydrogen) atoms. The zero-order chi connectivity index (χ0) is 7.84. The van der Waals surface area contributed by atoms with Crippen molar-refractivity contribution in [1.82, 2.24) is 15.2 Å². The molecule has 4 nitrogen and oxygen atoms in total. The molecule has 0 aliphatic rings. The minimum absolute atomic E-state index is 0.530. The Hall–Kier alpha value is -1.58. The average Bonchev–Trinajstić information content (AvgIpc) is 2.33. The normalized spacial score (nSPS) is 10.6. The lowest BCUT2D eigenvalue weighted by atomic mass is 10.3. The highest BCUT2D eigenvalue weighted by Gasteiger charge is 2.01. The van der Waals surface area contributed by atoms with Crippen molar-refractivity contribution in [2.75, 3.05) is 5.73 Å². The Bertz CT molecular complexity index is 390. The molecule has 0 radical (unpaired) electrons. The van der Waals surface area contributed by atoms with E-state index in [2.05, 4.69) is 15.2 Å². The molecule has 0 fully saturated rings. The summed E-state index contributed by atoms with van der Waals surface area (Å²) in [6.07, 6.45) is 0. The van der Waals surface area contributed by atoms with Crippen LogP contribution in [-0.2, 0) is 0 Å². The predicted octanol–water partition coefficient (Wildman–Crippen LogP) is 0.849. The van der Waals surface area contributed by atoms with E-state index in [4.69, 9.17) is 5.73 Å². The molecule has 0 aliphatic carbocycles. The van der Waals surface area contributed by atoms with Gasteiger partial charge in [0.25, 0.3) is 0 Å². The summed E-state index contributed by atoms with van der Waals surface area (Å²) in [5.74, 6) is 0.530. The van der Waals surface area contributed by atoms with E-state index in [1.54, 1.807) is 6.07 Å². The van der Waals surface area contributed by atoms with Crippen molar-refractivity contribution in [3.8, 4) is 0 Å². The van der Waals surface area contributed by atoms with E-state index in [0.29, 0.717) is 5.82 Å². The fourth-order valence-corrected chi connectivity index (χ4v) is 1.03. The third kappa shape index (κ3) is 0.832. The van der Waals surface area contributed by atoms with E-state index in [0.717, 1.165) is 16.7 Å². The minimum atomic E-state index is 0.530. The Balaban J connectivity index is 2.87. The van der Waals surface area contributed by atoms with Crippen molar-refractivity contribution in [3.63, 3.8) is 0 Å². The first-order chi connectivity index (χ1) is 5.27. The van der Waals surface area contributed by atoms with Gasteiger partial charge in [-0.05, 0) is 19.1 Å². The van der Waals surface area contributed by atoms with Crippen LogP contribution in [0.1, 0.15) is 5.69 Å². The van der Waals surface area contributed by atoms with Crippen molar-refractivity contribution in [1.29, 1.82) is 0 Å². The Morgan fingerprint density at radius 2 is 2.27 bits per heavy atom. The van der Waals surface area contributed by atoms with Gasteiger partial charge in [0.05, 0.1) is 5.69 Å². The number of fused-ring (bicyclic) bond motifs is 1. The Morgan fingerprint density at radius 3 is 3.09 bits per heavy atom. The number of pyridine rings is 1. The highest BCUT2D eigenvalue weighted by Crippen LogP contribution is 2.13. The second kappa shape index (κ2) is 1.95. The molecule has 0 bridgehead atoms. The van der Waals surface area contributed by atoms with E-state index in [1.165, 1.54) is 0 Å². The third-order valence-corrected chi connectivity index (χ3v) is 1.59. The maximum absolute atomic E-state index is 5.50. The van der Waals surface area contributed by atoms with Gasteiger partial charge in [-0.2, -0.15) is 5.10 Å². The monoisotopic (exact) mass is 148 g/mol. The first-order valence-corrected chi connectivity index (χ1v) is 3.34. The predicted molar refractivity (Wildman–Crippen MR) is 43.0 cm³/mol. The third-order valence-electron chi connectivity index (χ3n) is 1.59. The fourth-order valence-electron chi connectivity index (χ4n) is 1.03. The standard InChI is InChI=1S/C7H8N4/c1-4-7-5(11-10-4)2-3-6(8)9-7/h2-3H,1H3,(H2,8,9)(H,10,11). The largest absolute Gasteiger partial charge is 0.384 e. The number of anilines is 1. The summed E-state index contributed by atoms with van der Waals surface area (Å²) in [6, 6.07) is 3.59. The Labute approximate surface area is 63.4 Å². The molecule has 4 heteroatoms. The molecule has 3 N–H and O–H groups in total. The molecule has 0 aromatic carbocycles. The summed E-state index contributed by atoms with van der Waals surface area (Å²) >= 11 is 0. The molecule has 0 amide bonds. The van der Waals surface area contributed by atoms with Crippen molar-refractivity contribution in [2.45, 2.75) is 6.92 Å². The van der Waals surface area contributed by atoms with E-state index in [-0.39, 0.29) is 0 Å². The zero-order valence-corrected chi connectivity index (χ0v) is 6.13. The molecule has 0 atom stereocenters. The number of hydrogen-bond acceptors (Lipinski definition) is 3. The van der Waals surface area contributed by atoms with Crippen molar-refractivity contribution in [2.24, 2.45) is 0 Å². The van der Waals surface area contributed by atoms with Gasteiger partial charge in [0.15, 0.2) is 0 Å². The summed E-state index contributed by atoms with van der Waals surface area (Å²) in [4.78, 5) is 4.12. The van der Waals surface area contributed by atoms with Crippen LogP contribution in [0.15, 0.2) is 12.1 Å². The van der Waals surface area contributed by atoms with Gasteiger partial charge in [0.1, 0.15) is 16.9 Å². The van der Waals surface area contributed by atoms with Crippen molar-refractivity contribution >= 4 is 16.9 Å². The van der Waals surface area contributed by atoms with E-state index in [9.17, 15) is 0 Å². The molecule has 2 rings (SSSR count). The van der Waals surface area contributed by atoms with Gasteiger partial charge in [0.2, 0.25) is 0 Å². The summed E-state index contributed by atoms with van der Waals surface area (Å²) < 4.78 is 0. The van der Waals surface area contributed by atoms with Crippen LogP contribution in [0.4, 0.5) is 5.82 Å². The van der Waals surface area contributed by atoms with Crippen molar-refractivity contribution < 1.29 is 0 Å². The molecular weight excluding hydrogens is 140 g/mol. The molecule has 2 aromatic rings. The van der Waals surface area contributed by atoms with Gasteiger partial charge >= 0.3 is 0 Å². The smallest absolute Gasteiger partial charge is 0.124 e. The molecule has 2 heterocycles. The van der Waals surface area contributed by atoms with Crippen LogP contribution in [0.3, 0.4) is 0 Å². The number of nitrogens with zero attached hydrogens (tertiary/aromatic N) is 2. The van der Waals surface area contributed by atoms with Crippen LogP contribution in [0, 0.1) is 6.92 Å². The van der Waals surface area contributed by atoms with Gasteiger partial charge in [-0.25, -0.2) is 4.98 Å². The van der Waals surface area contributed by atoms with E-state index < -0.39 is 0 Å². The van der Waals surface area contributed by atoms with Crippen LogP contribution in [0.2, 0.25) is 0 Å². The lowest BCUT2D eigenvalue weighted by molar-refractivity contribution is 1.07. The number of H-pyrrole nitrogens is 1. The van der Waals surface area contributed by atoms with Gasteiger partial charge < -0.3 is 5.73 Å². The number of nitrogen functional groups attached to an aromatic ring is 1. The number of aromatic nitrogens is 3. The zero-order valence-electron chi connectivity index (χ0n) is 6.13. The first-order valence-electron chi connectivity index (χ1n) is 3.34. The van der Waals surface area contributed by atoms with Gasteiger partial charge in [-0.15, -0.1) is 0 Å². The molecule has 0 aliphatic heterocycles. The van der Waals surface area contributed by atoms with E-state index >= 15 is 0 Å². The minimum Gasteiger partial charge on any atom is -0.384 e. The summed E-state index contributed by atoms with van der Waals surface area (Å²) in [6.45, 7) is 1.92. The molecule has 0 unspecified atom stereocenters. The average molecular weight is 148 g/mol. The number of aromatic amines is 1. The second-order valence-electron chi connectivity index (χ2n) is 2.45. The summed E-state index contributed by atoms with van der Waals surface area (Å²) in [5, 5.41) is 6.85. The lowest BCUT2D eigenvalue weighted by Crippen LogP contribution is -1.88. The number of hydrogen-bond donors (Lipinski definition) is 2. The molecule has 2 aromatic heterocycles. The van der Waals surface area contributed by atoms with Gasteiger partial charge in [0, 0.05) is 0 Å². The molecule has 0 saturated heterocycles. The number of aryl methyl sites for hydroxylation is 1. The van der Waals surface area contributed by atoms with Crippen molar-refractivity contribution in [3.05, 3.63) is 17.8 Å². The quantitative estimate of drug-likeness (QED) is 0.582. The van der Waals surface area contributed by atoms with Crippen LogP contribution >= 0.6 is 0 Å². The van der Waals surface area contributed by atoms with Gasteiger partial charge in [-0.3, -0.25) is 5.10 Å². The van der Waals surface area contributed by atoms with Crippen LogP contribution in [0.25, 0.3) is 11.0 Å². The molecule has 56 valence electrons. The maximum atomic E-state index is 5.50. The molecular formula is C7H8N4. The van der Waals surface area contributed by atoms with Crippen LogP contribution < -0.4 is 5.73 Å². The first kappa shape index (κ1) is 6.15. The second-order valence-corrected chi connectivity index (χ2v) is 2.45. The highest BCUT2D eigenvalue weighted by atomic mass is 15.1. The number of nitrogens with one attached hydrogen (secondary N) is 1.